The van der Waals surface area contributed by atoms with Crippen LogP contribution in [0.25, 0.3) is 0 Å². The molecule has 1 aliphatic heterocycles. The SMILES string of the molecule is CCCC1CC(C(=O)O)(C(C)(C)C)OC1=O. The van der Waals surface area contributed by atoms with Crippen molar-refractivity contribution in [3.05, 3.63) is 0 Å². The van der Waals surface area contributed by atoms with Gasteiger partial charge >= 0.3 is 11.9 Å². The highest BCUT2D eigenvalue weighted by Crippen LogP contribution is 2.45. The summed E-state index contributed by atoms with van der Waals surface area (Å²) in [5.41, 5.74) is -1.94. The Morgan fingerprint density at radius 1 is 1.56 bits per heavy atom. The Morgan fingerprint density at radius 3 is 2.44 bits per heavy atom. The fourth-order valence-corrected chi connectivity index (χ4v) is 2.21. The molecular formula is C12H20O4. The van der Waals surface area contributed by atoms with Gasteiger partial charge in [0.1, 0.15) is 0 Å². The van der Waals surface area contributed by atoms with E-state index in [4.69, 9.17) is 4.74 Å². The van der Waals surface area contributed by atoms with Crippen LogP contribution >= 0.6 is 0 Å². The quantitative estimate of drug-likeness (QED) is 0.752. The summed E-state index contributed by atoms with van der Waals surface area (Å²) >= 11 is 0. The normalized spacial score (nSPS) is 30.2. The van der Waals surface area contributed by atoms with Crippen molar-refractivity contribution in [2.24, 2.45) is 11.3 Å². The Kier molecular flexibility index (Phi) is 3.31. The van der Waals surface area contributed by atoms with Crippen molar-refractivity contribution in [3.63, 3.8) is 0 Å². The number of ether oxygens (including phenoxy) is 1. The van der Waals surface area contributed by atoms with E-state index >= 15 is 0 Å². The summed E-state index contributed by atoms with van der Waals surface area (Å²) in [4.78, 5) is 23.0. The third kappa shape index (κ3) is 1.93. The summed E-state index contributed by atoms with van der Waals surface area (Å²) < 4.78 is 5.20. The fraction of sp³-hybridized carbons (Fsp3) is 0.833. The molecule has 0 aromatic carbocycles. The number of carbonyl (C=O) groups excluding carboxylic acids is 1. The zero-order valence-electron chi connectivity index (χ0n) is 10.4. The molecule has 4 nitrogen and oxygen atoms in total. The molecule has 92 valence electrons. The van der Waals surface area contributed by atoms with Crippen molar-refractivity contribution in [3.8, 4) is 0 Å². The van der Waals surface area contributed by atoms with Gasteiger partial charge in [-0.3, -0.25) is 4.79 Å². The summed E-state index contributed by atoms with van der Waals surface area (Å²) in [5, 5.41) is 9.33. The minimum atomic E-state index is -1.36. The molecule has 0 bridgehead atoms. The van der Waals surface area contributed by atoms with Crippen LogP contribution in [-0.2, 0) is 14.3 Å². The summed E-state index contributed by atoms with van der Waals surface area (Å²) in [5.74, 6) is -1.66. The van der Waals surface area contributed by atoms with Gasteiger partial charge in [-0.1, -0.05) is 34.1 Å². The first-order valence-electron chi connectivity index (χ1n) is 5.71. The van der Waals surface area contributed by atoms with E-state index in [-0.39, 0.29) is 11.9 Å². The van der Waals surface area contributed by atoms with Crippen molar-refractivity contribution in [1.82, 2.24) is 0 Å². The molecule has 1 heterocycles. The molecule has 2 atom stereocenters. The van der Waals surface area contributed by atoms with Gasteiger partial charge in [-0.15, -0.1) is 0 Å². The Hall–Kier alpha value is -1.06. The van der Waals surface area contributed by atoms with E-state index in [0.29, 0.717) is 12.8 Å². The predicted octanol–water partition coefficient (Wildman–Crippen LogP) is 2.22. The topological polar surface area (TPSA) is 63.6 Å². The lowest BCUT2D eigenvalue weighted by Crippen LogP contribution is -2.49. The van der Waals surface area contributed by atoms with Gasteiger partial charge in [0, 0.05) is 11.8 Å². The van der Waals surface area contributed by atoms with E-state index in [1.165, 1.54) is 0 Å². The van der Waals surface area contributed by atoms with Crippen LogP contribution in [0.5, 0.6) is 0 Å². The van der Waals surface area contributed by atoms with E-state index < -0.39 is 17.0 Å². The first-order chi connectivity index (χ1) is 7.24. The lowest BCUT2D eigenvalue weighted by molar-refractivity contribution is -0.182. The highest BCUT2D eigenvalue weighted by molar-refractivity contribution is 5.87. The Labute approximate surface area is 96.0 Å². The van der Waals surface area contributed by atoms with E-state index in [9.17, 15) is 14.7 Å². The standard InChI is InChI=1S/C12H20O4/c1-5-6-8-7-12(10(14)15,11(2,3)4)16-9(8)13/h8H,5-7H2,1-4H3,(H,14,15). The van der Waals surface area contributed by atoms with Gasteiger partial charge in [0.15, 0.2) is 0 Å². The lowest BCUT2D eigenvalue weighted by atomic mass is 9.73. The number of carboxylic acid groups (broad SMARTS) is 1. The van der Waals surface area contributed by atoms with Crippen molar-refractivity contribution in [2.75, 3.05) is 0 Å². The Bertz CT molecular complexity index is 303. The fourth-order valence-electron chi connectivity index (χ4n) is 2.21. The molecular weight excluding hydrogens is 208 g/mol. The lowest BCUT2D eigenvalue weighted by Gasteiger charge is -2.35. The van der Waals surface area contributed by atoms with Crippen LogP contribution in [0.2, 0.25) is 0 Å². The monoisotopic (exact) mass is 228 g/mol. The molecule has 2 unspecified atom stereocenters. The van der Waals surface area contributed by atoms with Crippen LogP contribution in [0.3, 0.4) is 0 Å². The van der Waals surface area contributed by atoms with Crippen LogP contribution in [0.4, 0.5) is 0 Å². The molecule has 1 aliphatic rings. The number of cyclic esters (lactones) is 1. The minimum Gasteiger partial charge on any atom is -0.478 e. The first kappa shape index (κ1) is 13.0. The van der Waals surface area contributed by atoms with Gasteiger partial charge in [0.2, 0.25) is 5.60 Å². The summed E-state index contributed by atoms with van der Waals surface area (Å²) in [6.45, 7) is 7.36. The molecule has 0 radical (unpaired) electrons. The van der Waals surface area contributed by atoms with Gasteiger partial charge in [0.25, 0.3) is 0 Å². The largest absolute Gasteiger partial charge is 0.478 e. The summed E-state index contributed by atoms with van der Waals surface area (Å²) in [7, 11) is 0. The Morgan fingerprint density at radius 2 is 2.12 bits per heavy atom. The van der Waals surface area contributed by atoms with Crippen molar-refractivity contribution < 1.29 is 19.4 Å². The average molecular weight is 228 g/mol. The second-order valence-corrected chi connectivity index (χ2v) is 5.49. The van der Waals surface area contributed by atoms with Crippen LogP contribution in [0, 0.1) is 11.3 Å². The molecule has 0 saturated carbocycles. The van der Waals surface area contributed by atoms with Crippen molar-refractivity contribution in [1.29, 1.82) is 0 Å². The molecule has 0 amide bonds. The molecule has 0 spiro atoms. The van der Waals surface area contributed by atoms with Gasteiger partial charge < -0.3 is 9.84 Å². The van der Waals surface area contributed by atoms with Crippen LogP contribution < -0.4 is 0 Å². The van der Waals surface area contributed by atoms with Gasteiger partial charge in [-0.25, -0.2) is 4.79 Å². The first-order valence-corrected chi connectivity index (χ1v) is 5.71. The zero-order valence-corrected chi connectivity index (χ0v) is 10.4. The molecule has 1 saturated heterocycles. The average Bonchev–Trinajstić information content (AvgIpc) is 2.44. The molecule has 0 aliphatic carbocycles. The molecule has 4 heteroatoms. The van der Waals surface area contributed by atoms with Gasteiger partial charge in [-0.05, 0) is 6.42 Å². The minimum absolute atomic E-state index is 0.264. The molecule has 16 heavy (non-hydrogen) atoms. The third-order valence-corrected chi connectivity index (χ3v) is 3.34. The summed E-state index contributed by atoms with van der Waals surface area (Å²) in [6.07, 6.45) is 1.85. The number of aliphatic carboxylic acids is 1. The van der Waals surface area contributed by atoms with Crippen LogP contribution in [0.1, 0.15) is 47.0 Å². The molecule has 1 rings (SSSR count). The van der Waals surface area contributed by atoms with Crippen molar-refractivity contribution in [2.45, 2.75) is 52.6 Å². The van der Waals surface area contributed by atoms with E-state index in [0.717, 1.165) is 6.42 Å². The zero-order chi connectivity index (χ0) is 12.6. The maximum absolute atomic E-state index is 11.6. The van der Waals surface area contributed by atoms with E-state index in [1.807, 2.05) is 6.92 Å². The number of carbonyl (C=O) groups is 2. The third-order valence-electron chi connectivity index (χ3n) is 3.34. The second-order valence-electron chi connectivity index (χ2n) is 5.49. The maximum Gasteiger partial charge on any atom is 0.348 e. The van der Waals surface area contributed by atoms with Gasteiger partial charge in [0.05, 0.1) is 5.92 Å². The van der Waals surface area contributed by atoms with E-state index in [1.54, 1.807) is 20.8 Å². The smallest absolute Gasteiger partial charge is 0.348 e. The molecule has 1 fully saturated rings. The highest BCUT2D eigenvalue weighted by Gasteiger charge is 2.59. The Balaban J connectivity index is 3.01. The number of hydrogen-bond donors (Lipinski definition) is 1. The number of rotatable bonds is 3. The highest BCUT2D eigenvalue weighted by atomic mass is 16.6. The second kappa shape index (κ2) is 4.07. The van der Waals surface area contributed by atoms with Crippen LogP contribution in [-0.4, -0.2) is 22.6 Å². The number of hydrogen-bond acceptors (Lipinski definition) is 3. The van der Waals surface area contributed by atoms with Gasteiger partial charge in [-0.2, -0.15) is 0 Å². The van der Waals surface area contributed by atoms with E-state index in [2.05, 4.69) is 0 Å². The number of carboxylic acids is 1. The number of esters is 1. The molecule has 0 aromatic heterocycles. The molecule has 1 N–H and O–H groups in total. The predicted molar refractivity (Wildman–Crippen MR) is 58.9 cm³/mol. The summed E-state index contributed by atoms with van der Waals surface area (Å²) in [6, 6.07) is 0. The molecule has 0 aromatic rings. The van der Waals surface area contributed by atoms with Crippen molar-refractivity contribution >= 4 is 11.9 Å². The van der Waals surface area contributed by atoms with Crippen LogP contribution in [0.15, 0.2) is 0 Å². The maximum atomic E-state index is 11.6.